The third-order valence-corrected chi connectivity index (χ3v) is 8.68. The Hall–Kier alpha value is -2.92. The van der Waals surface area contributed by atoms with E-state index in [1.54, 1.807) is 29.3 Å². The van der Waals surface area contributed by atoms with Gasteiger partial charge in [-0.25, -0.2) is 8.42 Å². The number of nitrogens with zero attached hydrogens (tertiary/aromatic N) is 3. The van der Waals surface area contributed by atoms with Crippen LogP contribution in [0.25, 0.3) is 10.9 Å². The van der Waals surface area contributed by atoms with E-state index in [2.05, 4.69) is 10.2 Å². The summed E-state index contributed by atoms with van der Waals surface area (Å²) in [7, 11) is -3.74. The quantitative estimate of drug-likeness (QED) is 0.544. The van der Waals surface area contributed by atoms with Crippen LogP contribution in [-0.2, 0) is 27.5 Å². The number of carbonyl (C=O) groups is 1. The van der Waals surface area contributed by atoms with Gasteiger partial charge in [0.15, 0.2) is 0 Å². The number of aromatic nitrogens is 2. The highest BCUT2D eigenvalue weighted by Crippen LogP contribution is 2.36. The molecule has 2 aliphatic rings. The van der Waals surface area contributed by atoms with Crippen LogP contribution in [0.2, 0.25) is 0 Å². The van der Waals surface area contributed by atoms with Gasteiger partial charge in [-0.05, 0) is 55.5 Å². The van der Waals surface area contributed by atoms with E-state index in [0.717, 1.165) is 24.3 Å². The Balaban J connectivity index is 1.28. The van der Waals surface area contributed by atoms with Gasteiger partial charge in [0.25, 0.3) is 0 Å². The number of aromatic amines is 1. The fraction of sp³-hybridized carbons (Fsp3) is 0.417. The van der Waals surface area contributed by atoms with Gasteiger partial charge in [0, 0.05) is 37.0 Å². The van der Waals surface area contributed by atoms with Gasteiger partial charge in [0.05, 0.1) is 22.2 Å². The number of hydrogen-bond donors (Lipinski definition) is 1. The van der Waals surface area contributed by atoms with Crippen molar-refractivity contribution >= 4 is 26.8 Å². The standard InChI is InChI=1S/C24H25F3N4O3S/c25-24(26,27)21-4-2-1-3-18(21)15-31(19-6-7-19)23(32)16-9-11-30(12-10-16)35(33,34)20-8-5-17-14-28-29-22(17)13-20/h1-5,8,13-14,16,19H,6-7,9-12,15H2,(H,28,29). The van der Waals surface area contributed by atoms with Crippen molar-refractivity contribution in [3.05, 3.63) is 59.8 Å². The van der Waals surface area contributed by atoms with Gasteiger partial charge < -0.3 is 4.90 Å². The predicted molar refractivity (Wildman–Crippen MR) is 123 cm³/mol. The van der Waals surface area contributed by atoms with Crippen LogP contribution in [-0.4, -0.2) is 52.9 Å². The largest absolute Gasteiger partial charge is 0.416 e. The molecule has 1 saturated heterocycles. The van der Waals surface area contributed by atoms with Crippen LogP contribution >= 0.6 is 0 Å². The van der Waals surface area contributed by atoms with Crippen LogP contribution in [0.1, 0.15) is 36.8 Å². The molecule has 0 spiro atoms. The van der Waals surface area contributed by atoms with Gasteiger partial charge in [0.2, 0.25) is 15.9 Å². The number of rotatable bonds is 6. The zero-order chi connectivity index (χ0) is 24.8. The molecule has 0 radical (unpaired) electrons. The molecule has 1 aromatic heterocycles. The van der Waals surface area contributed by atoms with Gasteiger partial charge >= 0.3 is 6.18 Å². The monoisotopic (exact) mass is 506 g/mol. The summed E-state index contributed by atoms with van der Waals surface area (Å²) in [6, 6.07) is 10.0. The molecule has 1 amide bonds. The van der Waals surface area contributed by atoms with Crippen molar-refractivity contribution < 1.29 is 26.4 Å². The Morgan fingerprint density at radius 3 is 2.49 bits per heavy atom. The molecule has 3 aromatic rings. The molecule has 11 heteroatoms. The molecule has 0 unspecified atom stereocenters. The van der Waals surface area contributed by atoms with Crippen molar-refractivity contribution in [3.63, 3.8) is 0 Å². The average molecular weight is 507 g/mol. The summed E-state index contributed by atoms with van der Waals surface area (Å²) in [6.45, 7) is 0.261. The van der Waals surface area contributed by atoms with Crippen molar-refractivity contribution in [2.45, 2.75) is 49.3 Å². The minimum absolute atomic E-state index is 0.0633. The molecular weight excluding hydrogens is 481 g/mol. The molecule has 7 nitrogen and oxygen atoms in total. The van der Waals surface area contributed by atoms with E-state index in [1.807, 2.05) is 0 Å². The number of fused-ring (bicyclic) bond motifs is 1. The molecule has 1 aliphatic heterocycles. The van der Waals surface area contributed by atoms with Gasteiger partial charge in [-0.1, -0.05) is 18.2 Å². The van der Waals surface area contributed by atoms with Crippen LogP contribution in [0.5, 0.6) is 0 Å². The van der Waals surface area contributed by atoms with E-state index in [-0.39, 0.29) is 42.0 Å². The molecule has 1 N–H and O–H groups in total. The van der Waals surface area contributed by atoms with E-state index in [1.165, 1.54) is 22.5 Å². The molecule has 1 aliphatic carbocycles. The fourth-order valence-corrected chi connectivity index (χ4v) is 6.19. The highest BCUT2D eigenvalue weighted by molar-refractivity contribution is 7.89. The third-order valence-electron chi connectivity index (χ3n) is 6.79. The topological polar surface area (TPSA) is 86.4 Å². The van der Waals surface area contributed by atoms with Crippen molar-refractivity contribution in [2.75, 3.05) is 13.1 Å². The molecule has 186 valence electrons. The number of piperidine rings is 1. The number of H-pyrrole nitrogens is 1. The first kappa shape index (κ1) is 23.8. The van der Waals surface area contributed by atoms with Crippen molar-refractivity contribution in [2.24, 2.45) is 5.92 Å². The van der Waals surface area contributed by atoms with Gasteiger partial charge in [-0.2, -0.15) is 22.6 Å². The minimum atomic E-state index is -4.49. The van der Waals surface area contributed by atoms with Crippen LogP contribution in [0.15, 0.2) is 53.6 Å². The van der Waals surface area contributed by atoms with Crippen LogP contribution < -0.4 is 0 Å². The summed E-state index contributed by atoms with van der Waals surface area (Å²) in [6.07, 6.45) is -0.690. The molecule has 2 fully saturated rings. The van der Waals surface area contributed by atoms with Crippen LogP contribution in [0, 0.1) is 5.92 Å². The lowest BCUT2D eigenvalue weighted by Crippen LogP contribution is -2.45. The van der Waals surface area contributed by atoms with Crippen LogP contribution in [0.4, 0.5) is 13.2 Å². The molecule has 0 bridgehead atoms. The molecule has 2 aromatic carbocycles. The number of hydrogen-bond acceptors (Lipinski definition) is 4. The number of amides is 1. The van der Waals surface area contributed by atoms with E-state index in [9.17, 15) is 26.4 Å². The normalized spacial score (nSPS) is 18.1. The fourth-order valence-electron chi connectivity index (χ4n) is 4.69. The Kier molecular flexibility index (Phi) is 6.08. The Labute approximate surface area is 201 Å². The maximum absolute atomic E-state index is 13.5. The van der Waals surface area contributed by atoms with Crippen molar-refractivity contribution in [1.82, 2.24) is 19.4 Å². The maximum Gasteiger partial charge on any atom is 0.416 e. The number of nitrogens with one attached hydrogen (secondary N) is 1. The van der Waals surface area contributed by atoms with Crippen LogP contribution in [0.3, 0.4) is 0 Å². The predicted octanol–water partition coefficient (Wildman–Crippen LogP) is 4.17. The molecule has 35 heavy (non-hydrogen) atoms. The Morgan fingerprint density at radius 2 is 1.80 bits per heavy atom. The lowest BCUT2D eigenvalue weighted by Gasteiger charge is -2.34. The maximum atomic E-state index is 13.5. The second-order valence-corrected chi connectivity index (χ2v) is 11.1. The first-order chi connectivity index (χ1) is 16.6. The highest BCUT2D eigenvalue weighted by atomic mass is 32.2. The van der Waals surface area contributed by atoms with E-state index < -0.39 is 27.7 Å². The smallest absolute Gasteiger partial charge is 0.335 e. The van der Waals surface area contributed by atoms with E-state index in [0.29, 0.717) is 18.4 Å². The molecule has 0 atom stereocenters. The average Bonchev–Trinajstić information content (AvgIpc) is 3.57. The van der Waals surface area contributed by atoms with Gasteiger partial charge in [-0.15, -0.1) is 0 Å². The molecule has 2 heterocycles. The summed E-state index contributed by atoms with van der Waals surface area (Å²) in [5.41, 5.74) is -0.0292. The second-order valence-electron chi connectivity index (χ2n) is 9.15. The summed E-state index contributed by atoms with van der Waals surface area (Å²) >= 11 is 0. The minimum Gasteiger partial charge on any atom is -0.335 e. The summed E-state index contributed by atoms with van der Waals surface area (Å²) in [5.74, 6) is -0.615. The lowest BCUT2D eigenvalue weighted by atomic mass is 9.96. The highest BCUT2D eigenvalue weighted by Gasteiger charge is 2.40. The second kappa shape index (κ2) is 8.94. The van der Waals surface area contributed by atoms with Gasteiger partial charge in [0.1, 0.15) is 0 Å². The summed E-state index contributed by atoms with van der Waals surface area (Å²) in [4.78, 5) is 15.1. The number of halogens is 3. The Bertz CT molecular complexity index is 1340. The SMILES string of the molecule is O=C(C1CCN(S(=O)(=O)c2ccc3cn[nH]c3c2)CC1)N(Cc1ccccc1C(F)(F)F)C1CC1. The summed E-state index contributed by atoms with van der Waals surface area (Å²) < 4.78 is 68.0. The van der Waals surface area contributed by atoms with Crippen molar-refractivity contribution in [1.29, 1.82) is 0 Å². The lowest BCUT2D eigenvalue weighted by molar-refractivity contribution is -0.142. The zero-order valence-corrected chi connectivity index (χ0v) is 19.6. The Morgan fingerprint density at radius 1 is 1.09 bits per heavy atom. The number of carbonyl (C=O) groups excluding carboxylic acids is 1. The molecule has 5 rings (SSSR count). The summed E-state index contributed by atoms with van der Waals surface area (Å²) in [5, 5.41) is 7.48. The molecular formula is C24H25F3N4O3S. The zero-order valence-electron chi connectivity index (χ0n) is 18.8. The van der Waals surface area contributed by atoms with E-state index >= 15 is 0 Å². The number of sulfonamides is 1. The first-order valence-corrected chi connectivity index (χ1v) is 13.0. The van der Waals surface area contributed by atoms with Crippen molar-refractivity contribution in [3.8, 4) is 0 Å². The third kappa shape index (κ3) is 4.79. The number of benzene rings is 2. The first-order valence-electron chi connectivity index (χ1n) is 11.5. The molecule has 1 saturated carbocycles. The van der Waals surface area contributed by atoms with Gasteiger partial charge in [-0.3, -0.25) is 9.89 Å². The van der Waals surface area contributed by atoms with E-state index in [4.69, 9.17) is 0 Å². The number of alkyl halides is 3.